The monoisotopic (exact) mass is 186 g/mol. The van der Waals surface area contributed by atoms with Gasteiger partial charge in [-0.3, -0.25) is 5.32 Å². The fraction of sp³-hybridized carbons (Fsp3) is 0.167. The fourth-order valence-electron chi connectivity index (χ4n) is 1.64. The zero-order valence-corrected chi connectivity index (χ0v) is 8.32. The van der Waals surface area contributed by atoms with Gasteiger partial charge in [-0.15, -0.1) is 0 Å². The lowest BCUT2D eigenvalue weighted by molar-refractivity contribution is 0.420. The summed E-state index contributed by atoms with van der Waals surface area (Å²) in [4.78, 5) is 0. The van der Waals surface area contributed by atoms with Gasteiger partial charge in [-0.2, -0.15) is 0 Å². The van der Waals surface area contributed by atoms with Gasteiger partial charge in [0.05, 0.1) is 12.8 Å². The number of benzene rings is 2. The minimum atomic E-state index is 0.896. The van der Waals surface area contributed by atoms with Crippen LogP contribution in [0.2, 0.25) is 0 Å². The maximum atomic E-state index is 5.29. The van der Waals surface area contributed by atoms with Crippen LogP contribution >= 0.6 is 0 Å². The first-order valence-electron chi connectivity index (χ1n) is 4.52. The minimum absolute atomic E-state index is 0.896. The highest BCUT2D eigenvalue weighted by molar-refractivity contribution is 5.96. The van der Waals surface area contributed by atoms with Gasteiger partial charge >= 0.3 is 0 Å². The molecule has 71 valence electrons. The Morgan fingerprint density at radius 2 is 1.71 bits per heavy atom. The average Bonchev–Trinajstić information content (AvgIpc) is 2.27. The van der Waals surface area contributed by atoms with Crippen LogP contribution in [-0.4, -0.2) is 14.2 Å². The van der Waals surface area contributed by atoms with Crippen molar-refractivity contribution in [3.8, 4) is 5.75 Å². The standard InChI is InChI=1S/C12H12NO/c1-13-11-7-3-6-10-9(11)5-4-8-12(10)14-2/h3-8H,1-2H3. The Bertz CT molecular complexity index is 408. The third-order valence-electron chi connectivity index (χ3n) is 2.32. The first kappa shape index (κ1) is 8.88. The van der Waals surface area contributed by atoms with Crippen LogP contribution in [0.3, 0.4) is 0 Å². The van der Waals surface area contributed by atoms with Crippen LogP contribution in [0, 0.1) is 0 Å². The Kier molecular flexibility index (Phi) is 2.27. The Balaban J connectivity index is 2.77. The second kappa shape index (κ2) is 3.58. The van der Waals surface area contributed by atoms with Crippen molar-refractivity contribution in [2.45, 2.75) is 0 Å². The van der Waals surface area contributed by atoms with Gasteiger partial charge in [0.15, 0.2) is 0 Å². The molecule has 2 aromatic carbocycles. The first-order valence-corrected chi connectivity index (χ1v) is 4.52. The molecule has 2 rings (SSSR count). The van der Waals surface area contributed by atoms with Gasteiger partial charge < -0.3 is 4.74 Å². The van der Waals surface area contributed by atoms with E-state index in [0.717, 1.165) is 22.2 Å². The summed E-state index contributed by atoms with van der Waals surface area (Å²) >= 11 is 0. The molecule has 0 fully saturated rings. The van der Waals surface area contributed by atoms with E-state index >= 15 is 0 Å². The lowest BCUT2D eigenvalue weighted by Gasteiger charge is -2.07. The van der Waals surface area contributed by atoms with E-state index in [2.05, 4.69) is 11.4 Å². The molecule has 2 aromatic rings. The van der Waals surface area contributed by atoms with Crippen LogP contribution in [0.1, 0.15) is 0 Å². The molecule has 0 N–H and O–H groups in total. The summed E-state index contributed by atoms with van der Waals surface area (Å²) in [5, 5.41) is 6.46. The topological polar surface area (TPSA) is 23.3 Å². The van der Waals surface area contributed by atoms with Crippen molar-refractivity contribution in [2.24, 2.45) is 0 Å². The zero-order valence-electron chi connectivity index (χ0n) is 8.32. The molecule has 2 nitrogen and oxygen atoms in total. The Hall–Kier alpha value is -1.70. The van der Waals surface area contributed by atoms with Crippen LogP contribution in [0.5, 0.6) is 5.75 Å². The lowest BCUT2D eigenvalue weighted by atomic mass is 10.1. The SMILES string of the molecule is C[N]c1cccc2c(OC)cccc12. The number of nitrogens with zero attached hydrogens (tertiary/aromatic N) is 1. The van der Waals surface area contributed by atoms with Crippen molar-refractivity contribution in [3.63, 3.8) is 0 Å². The molecule has 0 bridgehead atoms. The molecule has 0 amide bonds. The normalized spacial score (nSPS) is 10.1. The van der Waals surface area contributed by atoms with E-state index in [1.165, 1.54) is 0 Å². The lowest BCUT2D eigenvalue weighted by Crippen LogP contribution is -1.89. The van der Waals surface area contributed by atoms with E-state index in [-0.39, 0.29) is 0 Å². The quantitative estimate of drug-likeness (QED) is 0.707. The van der Waals surface area contributed by atoms with Crippen LogP contribution < -0.4 is 10.1 Å². The molecule has 0 aromatic heterocycles. The molecular weight excluding hydrogens is 174 g/mol. The molecule has 0 spiro atoms. The Labute approximate surface area is 83.5 Å². The number of methoxy groups -OCH3 is 1. The number of ether oxygens (including phenoxy) is 1. The summed E-state index contributed by atoms with van der Waals surface area (Å²) in [6.07, 6.45) is 0. The number of hydrogen-bond donors (Lipinski definition) is 0. The van der Waals surface area contributed by atoms with E-state index in [9.17, 15) is 0 Å². The third kappa shape index (κ3) is 1.29. The Morgan fingerprint density at radius 1 is 1.00 bits per heavy atom. The Morgan fingerprint density at radius 3 is 2.43 bits per heavy atom. The molecular formula is C12H12NO. The summed E-state index contributed by atoms with van der Waals surface area (Å²) in [5.74, 6) is 0.896. The molecule has 0 aliphatic carbocycles. The van der Waals surface area contributed by atoms with Gasteiger partial charge in [0.1, 0.15) is 5.75 Å². The van der Waals surface area contributed by atoms with Crippen molar-refractivity contribution < 1.29 is 4.74 Å². The molecule has 0 aliphatic heterocycles. The van der Waals surface area contributed by atoms with Crippen LogP contribution in [0.4, 0.5) is 5.69 Å². The summed E-state index contributed by atoms with van der Waals surface area (Å²) in [6.45, 7) is 0. The largest absolute Gasteiger partial charge is 0.496 e. The number of fused-ring (bicyclic) bond motifs is 1. The highest BCUT2D eigenvalue weighted by Crippen LogP contribution is 2.30. The van der Waals surface area contributed by atoms with Crippen molar-refractivity contribution in [2.75, 3.05) is 14.2 Å². The van der Waals surface area contributed by atoms with Gasteiger partial charge in [0.25, 0.3) is 0 Å². The van der Waals surface area contributed by atoms with Gasteiger partial charge in [0.2, 0.25) is 0 Å². The maximum Gasteiger partial charge on any atom is 0.126 e. The van der Waals surface area contributed by atoms with Gasteiger partial charge in [-0.1, -0.05) is 24.3 Å². The predicted molar refractivity (Wildman–Crippen MR) is 58.2 cm³/mol. The van der Waals surface area contributed by atoms with Gasteiger partial charge in [-0.05, 0) is 12.1 Å². The van der Waals surface area contributed by atoms with Crippen molar-refractivity contribution in [1.82, 2.24) is 5.32 Å². The molecule has 0 saturated heterocycles. The zero-order chi connectivity index (χ0) is 9.97. The summed E-state index contributed by atoms with van der Waals surface area (Å²) in [6, 6.07) is 12.0. The van der Waals surface area contributed by atoms with Gasteiger partial charge in [0, 0.05) is 17.8 Å². The second-order valence-corrected chi connectivity index (χ2v) is 3.06. The fourth-order valence-corrected chi connectivity index (χ4v) is 1.64. The molecule has 14 heavy (non-hydrogen) atoms. The molecule has 0 unspecified atom stereocenters. The van der Waals surface area contributed by atoms with Crippen LogP contribution in [0.15, 0.2) is 36.4 Å². The number of rotatable bonds is 2. The van der Waals surface area contributed by atoms with Crippen molar-refractivity contribution in [1.29, 1.82) is 0 Å². The average molecular weight is 186 g/mol. The summed E-state index contributed by atoms with van der Waals surface area (Å²) in [5.41, 5.74) is 1.00. The summed E-state index contributed by atoms with van der Waals surface area (Å²) < 4.78 is 5.29. The van der Waals surface area contributed by atoms with E-state index in [1.54, 1.807) is 14.2 Å². The van der Waals surface area contributed by atoms with Crippen molar-refractivity contribution in [3.05, 3.63) is 36.4 Å². The summed E-state index contributed by atoms with van der Waals surface area (Å²) in [7, 11) is 3.48. The molecule has 0 aliphatic rings. The maximum absolute atomic E-state index is 5.29. The predicted octanol–water partition coefficient (Wildman–Crippen LogP) is 2.71. The first-order chi connectivity index (χ1) is 6.86. The smallest absolute Gasteiger partial charge is 0.126 e. The molecule has 2 heteroatoms. The highest BCUT2D eigenvalue weighted by atomic mass is 16.5. The molecule has 1 radical (unpaired) electrons. The molecule has 0 atom stereocenters. The van der Waals surface area contributed by atoms with E-state index < -0.39 is 0 Å². The highest BCUT2D eigenvalue weighted by Gasteiger charge is 2.03. The molecule has 0 heterocycles. The second-order valence-electron chi connectivity index (χ2n) is 3.06. The van der Waals surface area contributed by atoms with Crippen LogP contribution in [0.25, 0.3) is 10.8 Å². The van der Waals surface area contributed by atoms with Gasteiger partial charge in [-0.25, -0.2) is 0 Å². The third-order valence-corrected chi connectivity index (χ3v) is 2.32. The van der Waals surface area contributed by atoms with Crippen LogP contribution in [-0.2, 0) is 0 Å². The van der Waals surface area contributed by atoms with E-state index in [4.69, 9.17) is 4.74 Å². The number of hydrogen-bond acceptors (Lipinski definition) is 1. The van der Waals surface area contributed by atoms with E-state index in [1.807, 2.05) is 30.3 Å². The van der Waals surface area contributed by atoms with E-state index in [0.29, 0.717) is 0 Å². The minimum Gasteiger partial charge on any atom is -0.496 e. The van der Waals surface area contributed by atoms with Crippen molar-refractivity contribution >= 4 is 16.5 Å². The molecule has 0 saturated carbocycles.